The van der Waals surface area contributed by atoms with Gasteiger partial charge in [0, 0.05) is 18.5 Å². The van der Waals surface area contributed by atoms with Gasteiger partial charge in [0.25, 0.3) is 0 Å². The topological polar surface area (TPSA) is 39.2 Å². The van der Waals surface area contributed by atoms with Crippen molar-refractivity contribution in [3.63, 3.8) is 0 Å². The van der Waals surface area contributed by atoms with E-state index in [1.54, 1.807) is 6.92 Å². The van der Waals surface area contributed by atoms with Crippen LogP contribution in [0.25, 0.3) is 0 Å². The predicted octanol–water partition coefficient (Wildman–Crippen LogP) is 4.33. The van der Waals surface area contributed by atoms with Crippen LogP contribution >= 0.6 is 0 Å². The first kappa shape index (κ1) is 16.8. The van der Waals surface area contributed by atoms with Crippen molar-refractivity contribution in [2.45, 2.75) is 51.1 Å². The lowest BCUT2D eigenvalue weighted by atomic mass is 9.78. The van der Waals surface area contributed by atoms with Gasteiger partial charge < -0.3 is 4.74 Å². The van der Waals surface area contributed by atoms with E-state index in [1.807, 2.05) is 0 Å². The summed E-state index contributed by atoms with van der Waals surface area (Å²) in [6, 6.07) is 2.41. The average molecular weight is 315 g/mol. The van der Waals surface area contributed by atoms with Gasteiger partial charge in [-0.1, -0.05) is 0 Å². The predicted molar refractivity (Wildman–Crippen MR) is 75.2 cm³/mol. The van der Waals surface area contributed by atoms with Crippen molar-refractivity contribution in [1.29, 1.82) is 0 Å². The Bertz CT molecular complexity index is 508. The second-order valence-corrected chi connectivity index (χ2v) is 5.66. The molecular weight excluding hydrogens is 295 g/mol. The number of rotatable bonds is 4. The maximum absolute atomic E-state index is 13.0. The highest BCUT2D eigenvalue weighted by atomic mass is 19.4. The Hall–Kier alpha value is -1.59. The zero-order valence-corrected chi connectivity index (χ0v) is 12.5. The summed E-state index contributed by atoms with van der Waals surface area (Å²) in [5.41, 5.74) is -0.492. The zero-order chi connectivity index (χ0) is 16.2. The van der Waals surface area contributed by atoms with Crippen LogP contribution in [0.5, 0.6) is 0 Å². The number of halogens is 3. The van der Waals surface area contributed by atoms with E-state index in [1.165, 1.54) is 12.3 Å². The Labute approximate surface area is 127 Å². The standard InChI is InChI=1S/C16H20F3NO2/c1-2-22-14(21)10-11-5-7-12(8-6-11)15-13(16(17,18)19)4-3-9-20-15/h3-4,9,11-12H,2,5-8,10H2,1H3. The zero-order valence-electron chi connectivity index (χ0n) is 12.5. The summed E-state index contributed by atoms with van der Waals surface area (Å²) in [5, 5.41) is 0. The molecule has 0 radical (unpaired) electrons. The molecule has 1 fully saturated rings. The molecule has 1 aromatic rings. The molecule has 1 aliphatic carbocycles. The van der Waals surface area contributed by atoms with E-state index >= 15 is 0 Å². The van der Waals surface area contributed by atoms with Gasteiger partial charge >= 0.3 is 12.1 Å². The molecule has 1 aromatic heterocycles. The van der Waals surface area contributed by atoms with E-state index in [0.29, 0.717) is 25.9 Å². The monoisotopic (exact) mass is 315 g/mol. The SMILES string of the molecule is CCOC(=O)CC1CCC(c2ncccc2C(F)(F)F)CC1. The van der Waals surface area contributed by atoms with Gasteiger partial charge in [-0.3, -0.25) is 9.78 Å². The number of carbonyl (C=O) groups is 1. The molecule has 0 aromatic carbocycles. The number of carbonyl (C=O) groups excluding carboxylic acids is 1. The summed E-state index contributed by atoms with van der Waals surface area (Å²) in [5.74, 6) is -0.204. The maximum atomic E-state index is 13.0. The molecule has 0 saturated heterocycles. The van der Waals surface area contributed by atoms with Crippen LogP contribution in [0.1, 0.15) is 56.2 Å². The van der Waals surface area contributed by atoms with Gasteiger partial charge in [0.1, 0.15) is 0 Å². The van der Waals surface area contributed by atoms with Crippen molar-refractivity contribution in [3.8, 4) is 0 Å². The van der Waals surface area contributed by atoms with Crippen molar-refractivity contribution in [2.24, 2.45) is 5.92 Å². The Balaban J connectivity index is 1.99. The molecule has 22 heavy (non-hydrogen) atoms. The quantitative estimate of drug-likeness (QED) is 0.776. The van der Waals surface area contributed by atoms with Crippen molar-refractivity contribution < 1.29 is 22.7 Å². The Morgan fingerprint density at radius 2 is 2.00 bits per heavy atom. The van der Waals surface area contributed by atoms with E-state index in [-0.39, 0.29) is 23.5 Å². The number of hydrogen-bond acceptors (Lipinski definition) is 3. The third-order valence-corrected chi connectivity index (χ3v) is 4.14. The van der Waals surface area contributed by atoms with Crippen LogP contribution in [-0.2, 0) is 15.7 Å². The summed E-state index contributed by atoms with van der Waals surface area (Å²) >= 11 is 0. The highest BCUT2D eigenvalue weighted by molar-refractivity contribution is 5.69. The summed E-state index contributed by atoms with van der Waals surface area (Å²) in [6.45, 7) is 2.12. The minimum Gasteiger partial charge on any atom is -0.466 e. The second-order valence-electron chi connectivity index (χ2n) is 5.66. The average Bonchev–Trinajstić information content (AvgIpc) is 2.47. The molecule has 1 aliphatic rings. The smallest absolute Gasteiger partial charge is 0.418 e. The lowest BCUT2D eigenvalue weighted by Gasteiger charge is -2.29. The van der Waals surface area contributed by atoms with Gasteiger partial charge in [0.05, 0.1) is 17.9 Å². The van der Waals surface area contributed by atoms with Crippen LogP contribution in [0.4, 0.5) is 13.2 Å². The summed E-state index contributed by atoms with van der Waals surface area (Å²) in [6.07, 6.45) is 0.124. The highest BCUT2D eigenvalue weighted by Crippen LogP contribution is 2.41. The fourth-order valence-corrected chi connectivity index (χ4v) is 3.08. The molecular formula is C16H20F3NO2. The molecule has 0 unspecified atom stereocenters. The fourth-order valence-electron chi connectivity index (χ4n) is 3.08. The van der Waals surface area contributed by atoms with E-state index in [4.69, 9.17) is 4.74 Å². The largest absolute Gasteiger partial charge is 0.466 e. The van der Waals surface area contributed by atoms with Crippen molar-refractivity contribution in [1.82, 2.24) is 4.98 Å². The molecule has 2 rings (SSSR count). The molecule has 0 N–H and O–H groups in total. The molecule has 3 nitrogen and oxygen atoms in total. The number of esters is 1. The molecule has 1 heterocycles. The summed E-state index contributed by atoms with van der Waals surface area (Å²) < 4.78 is 44.0. The minimum absolute atomic E-state index is 0.143. The Morgan fingerprint density at radius 1 is 1.32 bits per heavy atom. The number of hydrogen-bond donors (Lipinski definition) is 0. The summed E-state index contributed by atoms with van der Waals surface area (Å²) in [7, 11) is 0. The fraction of sp³-hybridized carbons (Fsp3) is 0.625. The third-order valence-electron chi connectivity index (χ3n) is 4.14. The van der Waals surface area contributed by atoms with Crippen molar-refractivity contribution in [2.75, 3.05) is 6.61 Å². The van der Waals surface area contributed by atoms with Gasteiger partial charge in [0.15, 0.2) is 0 Å². The van der Waals surface area contributed by atoms with Crippen LogP contribution in [-0.4, -0.2) is 17.6 Å². The second kappa shape index (κ2) is 7.11. The van der Waals surface area contributed by atoms with E-state index < -0.39 is 11.7 Å². The van der Waals surface area contributed by atoms with Crippen LogP contribution in [0.15, 0.2) is 18.3 Å². The first-order valence-electron chi connectivity index (χ1n) is 7.59. The van der Waals surface area contributed by atoms with Gasteiger partial charge in [-0.2, -0.15) is 13.2 Å². The molecule has 6 heteroatoms. The van der Waals surface area contributed by atoms with Crippen LogP contribution in [0.3, 0.4) is 0 Å². The van der Waals surface area contributed by atoms with Gasteiger partial charge in [-0.25, -0.2) is 0 Å². The number of aromatic nitrogens is 1. The first-order valence-corrected chi connectivity index (χ1v) is 7.59. The van der Waals surface area contributed by atoms with Crippen LogP contribution in [0.2, 0.25) is 0 Å². The van der Waals surface area contributed by atoms with Gasteiger partial charge in [-0.15, -0.1) is 0 Å². The van der Waals surface area contributed by atoms with E-state index in [2.05, 4.69) is 4.98 Å². The highest BCUT2D eigenvalue weighted by Gasteiger charge is 2.37. The number of pyridine rings is 1. The summed E-state index contributed by atoms with van der Waals surface area (Å²) in [4.78, 5) is 15.4. The third kappa shape index (κ3) is 4.21. The number of nitrogens with zero attached hydrogens (tertiary/aromatic N) is 1. The lowest BCUT2D eigenvalue weighted by Crippen LogP contribution is -2.20. The molecule has 0 atom stereocenters. The lowest BCUT2D eigenvalue weighted by molar-refractivity contribution is -0.144. The van der Waals surface area contributed by atoms with Crippen molar-refractivity contribution in [3.05, 3.63) is 29.6 Å². The van der Waals surface area contributed by atoms with E-state index in [9.17, 15) is 18.0 Å². The Morgan fingerprint density at radius 3 is 2.59 bits per heavy atom. The molecule has 122 valence electrons. The maximum Gasteiger partial charge on any atom is 0.418 e. The molecule has 0 aliphatic heterocycles. The van der Waals surface area contributed by atoms with Crippen molar-refractivity contribution >= 4 is 5.97 Å². The van der Waals surface area contributed by atoms with Crippen LogP contribution in [0, 0.1) is 5.92 Å². The van der Waals surface area contributed by atoms with Gasteiger partial charge in [-0.05, 0) is 50.7 Å². The first-order chi connectivity index (χ1) is 10.4. The molecule has 1 saturated carbocycles. The molecule has 0 bridgehead atoms. The number of ether oxygens (including phenoxy) is 1. The molecule has 0 amide bonds. The Kier molecular flexibility index (Phi) is 5.42. The molecule has 0 spiro atoms. The minimum atomic E-state index is -4.37. The van der Waals surface area contributed by atoms with Crippen LogP contribution < -0.4 is 0 Å². The van der Waals surface area contributed by atoms with E-state index in [0.717, 1.165) is 18.9 Å². The van der Waals surface area contributed by atoms with Gasteiger partial charge in [0.2, 0.25) is 0 Å². The number of alkyl halides is 3. The normalized spacial score (nSPS) is 22.4.